The molecule has 0 saturated carbocycles. The van der Waals surface area contributed by atoms with Gasteiger partial charge in [-0.15, -0.1) is 0 Å². The number of pyridine rings is 1. The van der Waals surface area contributed by atoms with Crippen molar-refractivity contribution in [1.82, 2.24) is 4.98 Å². The highest BCUT2D eigenvalue weighted by molar-refractivity contribution is 7.99. The molecule has 0 atom stereocenters. The van der Waals surface area contributed by atoms with Crippen molar-refractivity contribution >= 4 is 23.3 Å². The minimum absolute atomic E-state index is 0. The van der Waals surface area contributed by atoms with Crippen LogP contribution in [-0.2, 0) is 0 Å². The topological polar surface area (TPSA) is 43.8 Å². The summed E-state index contributed by atoms with van der Waals surface area (Å²) in [7, 11) is 0. The van der Waals surface area contributed by atoms with Gasteiger partial charge in [-0.05, 0) is 24.3 Å². The Bertz CT molecular complexity index is 516. The van der Waals surface area contributed by atoms with Crippen molar-refractivity contribution in [2.75, 3.05) is 18.0 Å². The normalized spacial score (nSPS) is 12.4. The molecule has 0 spiro atoms. The van der Waals surface area contributed by atoms with Crippen LogP contribution in [0.1, 0.15) is 6.42 Å². The zero-order valence-corrected chi connectivity index (χ0v) is 12.1. The summed E-state index contributed by atoms with van der Waals surface area (Å²) in [5.41, 5.74) is 5.20. The van der Waals surface area contributed by atoms with Crippen LogP contribution in [0.15, 0.2) is 52.4 Å². The van der Waals surface area contributed by atoms with Gasteiger partial charge in [-0.1, -0.05) is 23.9 Å². The molecule has 0 amide bonds. The van der Waals surface area contributed by atoms with Crippen LogP contribution < -0.4 is 23.0 Å². The first-order valence-electron chi connectivity index (χ1n) is 6.19. The van der Waals surface area contributed by atoms with E-state index >= 15 is 0 Å². The molecule has 0 bridgehead atoms. The van der Waals surface area contributed by atoms with E-state index < -0.39 is 0 Å². The van der Waals surface area contributed by atoms with Gasteiger partial charge in [0.05, 0.1) is 17.1 Å². The van der Waals surface area contributed by atoms with Gasteiger partial charge >= 0.3 is 0 Å². The maximum absolute atomic E-state index is 4.54. The monoisotopic (exact) mass is 293 g/mol. The Balaban J connectivity index is 0.00000133. The van der Waals surface area contributed by atoms with Gasteiger partial charge in [-0.2, -0.15) is 0 Å². The number of hydrogen-bond donors (Lipinski definition) is 1. The minimum atomic E-state index is 0. The molecule has 2 heterocycles. The molecule has 19 heavy (non-hydrogen) atoms. The minimum Gasteiger partial charge on any atom is -1.00 e. The molecule has 3 rings (SSSR count). The number of aromatic nitrogens is 1. The molecule has 1 aromatic heterocycles. The highest BCUT2D eigenvalue weighted by Crippen LogP contribution is 2.46. The van der Waals surface area contributed by atoms with Crippen molar-refractivity contribution in [3.05, 3.63) is 42.6 Å². The maximum Gasteiger partial charge on any atom is 0.147 e. The Morgan fingerprint density at radius 3 is 2.74 bits per heavy atom. The number of nitrogens with zero attached hydrogens (tertiary/aromatic N) is 2. The Morgan fingerprint density at radius 2 is 1.89 bits per heavy atom. The lowest BCUT2D eigenvalue weighted by Crippen LogP contribution is -3.00. The molecular formula is C14H16ClN3S. The van der Waals surface area contributed by atoms with Crippen LogP contribution in [0.4, 0.5) is 11.5 Å². The molecule has 2 aromatic rings. The Labute approximate surface area is 123 Å². The summed E-state index contributed by atoms with van der Waals surface area (Å²) >= 11 is 1.80. The van der Waals surface area contributed by atoms with Gasteiger partial charge < -0.3 is 23.0 Å². The lowest BCUT2D eigenvalue weighted by Gasteiger charge is -2.31. The highest BCUT2D eigenvalue weighted by atomic mass is 35.5. The van der Waals surface area contributed by atoms with Crippen molar-refractivity contribution in [2.24, 2.45) is 0 Å². The van der Waals surface area contributed by atoms with E-state index in [2.05, 4.69) is 45.9 Å². The second kappa shape index (κ2) is 6.28. The third-order valence-electron chi connectivity index (χ3n) is 3.01. The van der Waals surface area contributed by atoms with Crippen molar-refractivity contribution in [3.8, 4) is 0 Å². The highest BCUT2D eigenvalue weighted by Gasteiger charge is 2.23. The molecule has 3 N–H and O–H groups in total. The van der Waals surface area contributed by atoms with E-state index in [1.807, 2.05) is 12.3 Å². The average molecular weight is 294 g/mol. The maximum atomic E-state index is 4.54. The van der Waals surface area contributed by atoms with Crippen LogP contribution in [-0.4, -0.2) is 18.1 Å². The SMILES string of the molecule is [Cl-].[NH3+]CCCN1c2ccccc2Sc2cccnc21. The molecule has 0 unspecified atom stereocenters. The van der Waals surface area contributed by atoms with Crippen LogP contribution >= 0.6 is 11.8 Å². The first kappa shape index (κ1) is 14.2. The molecule has 3 nitrogen and oxygen atoms in total. The molecule has 1 aliphatic rings. The summed E-state index contributed by atoms with van der Waals surface area (Å²) < 4.78 is 0. The summed E-state index contributed by atoms with van der Waals surface area (Å²) in [5, 5.41) is 0. The molecular weight excluding hydrogens is 278 g/mol. The Morgan fingerprint density at radius 1 is 1.11 bits per heavy atom. The van der Waals surface area contributed by atoms with E-state index in [4.69, 9.17) is 0 Å². The van der Waals surface area contributed by atoms with Crippen molar-refractivity contribution < 1.29 is 18.1 Å². The number of rotatable bonds is 3. The Hall–Kier alpha value is -1.23. The number of anilines is 2. The average Bonchev–Trinajstić information content (AvgIpc) is 2.43. The van der Waals surface area contributed by atoms with E-state index in [1.54, 1.807) is 11.8 Å². The fourth-order valence-corrected chi connectivity index (χ4v) is 3.23. The van der Waals surface area contributed by atoms with Crippen LogP contribution in [0.5, 0.6) is 0 Å². The van der Waals surface area contributed by atoms with Gasteiger partial charge in [0.25, 0.3) is 0 Å². The fraction of sp³-hybridized carbons (Fsp3) is 0.214. The standard InChI is InChI=1S/C14H15N3S.ClH/c15-8-4-10-17-11-5-1-2-6-12(11)18-13-7-3-9-16-14(13)17;/h1-3,5-7,9H,4,8,10,15H2;1H. The van der Waals surface area contributed by atoms with E-state index in [9.17, 15) is 0 Å². The largest absolute Gasteiger partial charge is 1.00 e. The van der Waals surface area contributed by atoms with Crippen LogP contribution in [0.25, 0.3) is 0 Å². The molecule has 0 radical (unpaired) electrons. The molecule has 0 saturated heterocycles. The lowest BCUT2D eigenvalue weighted by atomic mass is 10.2. The summed E-state index contributed by atoms with van der Waals surface area (Å²) in [6.07, 6.45) is 2.94. The predicted molar refractivity (Wildman–Crippen MR) is 74.2 cm³/mol. The van der Waals surface area contributed by atoms with Gasteiger partial charge in [0.1, 0.15) is 5.82 Å². The predicted octanol–water partition coefficient (Wildman–Crippen LogP) is -0.680. The van der Waals surface area contributed by atoms with Crippen molar-refractivity contribution in [1.29, 1.82) is 0 Å². The van der Waals surface area contributed by atoms with Gasteiger partial charge in [0.2, 0.25) is 0 Å². The van der Waals surface area contributed by atoms with Gasteiger partial charge in [-0.25, -0.2) is 4.98 Å². The second-order valence-corrected chi connectivity index (χ2v) is 5.34. The van der Waals surface area contributed by atoms with E-state index in [1.165, 1.54) is 15.5 Å². The number of hydrogen-bond acceptors (Lipinski definition) is 3. The van der Waals surface area contributed by atoms with Crippen LogP contribution in [0.2, 0.25) is 0 Å². The smallest absolute Gasteiger partial charge is 0.147 e. The number of fused-ring (bicyclic) bond motifs is 2. The molecule has 1 aliphatic heterocycles. The quantitative estimate of drug-likeness (QED) is 0.816. The number of halogens is 1. The summed E-state index contributed by atoms with van der Waals surface area (Å²) in [4.78, 5) is 9.39. The zero-order valence-electron chi connectivity index (χ0n) is 10.6. The molecule has 1 aromatic carbocycles. The van der Waals surface area contributed by atoms with Gasteiger partial charge in [-0.3, -0.25) is 0 Å². The van der Waals surface area contributed by atoms with E-state index in [0.29, 0.717) is 0 Å². The van der Waals surface area contributed by atoms with Crippen molar-refractivity contribution in [2.45, 2.75) is 16.2 Å². The zero-order chi connectivity index (χ0) is 12.4. The van der Waals surface area contributed by atoms with Crippen molar-refractivity contribution in [3.63, 3.8) is 0 Å². The molecule has 5 heteroatoms. The lowest BCUT2D eigenvalue weighted by molar-refractivity contribution is -0.367. The molecule has 0 fully saturated rings. The third kappa shape index (κ3) is 2.71. The number of benzene rings is 1. The molecule has 100 valence electrons. The van der Waals surface area contributed by atoms with Gasteiger partial charge in [0, 0.05) is 24.1 Å². The Kier molecular flexibility index (Phi) is 4.69. The van der Waals surface area contributed by atoms with E-state index in [-0.39, 0.29) is 12.4 Å². The molecule has 0 aliphatic carbocycles. The summed E-state index contributed by atoms with van der Waals surface area (Å²) in [6.45, 7) is 1.93. The van der Waals surface area contributed by atoms with Gasteiger partial charge in [0.15, 0.2) is 0 Å². The number of para-hydroxylation sites is 1. The third-order valence-corrected chi connectivity index (χ3v) is 4.12. The van der Waals surface area contributed by atoms with Crippen LogP contribution in [0.3, 0.4) is 0 Å². The first-order chi connectivity index (χ1) is 8.90. The summed E-state index contributed by atoms with van der Waals surface area (Å²) in [5.74, 6) is 1.08. The van der Waals surface area contributed by atoms with Crippen LogP contribution in [0, 0.1) is 0 Å². The van der Waals surface area contributed by atoms with E-state index in [0.717, 1.165) is 25.3 Å². The number of quaternary nitrogens is 1. The summed E-state index contributed by atoms with van der Waals surface area (Å²) in [6, 6.07) is 12.7. The fourth-order valence-electron chi connectivity index (χ4n) is 2.16. The first-order valence-corrected chi connectivity index (χ1v) is 7.00. The second-order valence-electron chi connectivity index (χ2n) is 4.25.